The maximum absolute atomic E-state index is 5.70. The molecular weight excluding hydrogens is 171 g/mol. The molecule has 0 radical (unpaired) electrons. The molecule has 0 bridgehead atoms. The van der Waals surface area contributed by atoms with Gasteiger partial charge in [0, 0.05) is 6.07 Å². The first-order valence-corrected chi connectivity index (χ1v) is 3.45. The molecule has 1 aromatic rings. The number of hydrogen-bond acceptors (Lipinski definition) is 2. The molecule has 10 heavy (non-hydrogen) atoms. The molecule has 0 unspecified atom stereocenters. The van der Waals surface area contributed by atoms with Gasteiger partial charge in [0.15, 0.2) is 0 Å². The van der Waals surface area contributed by atoms with E-state index in [1.807, 2.05) is 0 Å². The summed E-state index contributed by atoms with van der Waals surface area (Å²) >= 11 is 11.4. The molecule has 54 valence electrons. The molecule has 1 rings (SSSR count). The average molecular weight is 177 g/mol. The number of aryl methyl sites for hydroxylation is 1. The highest BCUT2D eigenvalue weighted by Crippen LogP contribution is 2.25. The van der Waals surface area contributed by atoms with Crippen LogP contribution in [-0.4, -0.2) is 4.98 Å². The molecule has 1 aromatic heterocycles. The molecule has 0 aromatic carbocycles. The normalized spacial score (nSPS) is 9.90. The van der Waals surface area contributed by atoms with Crippen LogP contribution in [0.15, 0.2) is 6.07 Å². The predicted octanol–water partition coefficient (Wildman–Crippen LogP) is 2.28. The third-order valence-corrected chi connectivity index (χ3v) is 1.97. The topological polar surface area (TPSA) is 38.9 Å². The van der Waals surface area contributed by atoms with Crippen molar-refractivity contribution in [2.24, 2.45) is 0 Å². The Balaban J connectivity index is 3.31. The Kier molecular flexibility index (Phi) is 2.02. The highest BCUT2D eigenvalue weighted by molar-refractivity contribution is 6.42. The smallest absolute Gasteiger partial charge is 0.125 e. The third kappa shape index (κ3) is 1.33. The molecule has 0 fully saturated rings. The second-order valence-electron chi connectivity index (χ2n) is 1.93. The molecule has 0 saturated carbocycles. The summed E-state index contributed by atoms with van der Waals surface area (Å²) in [6.45, 7) is 1.75. The zero-order valence-electron chi connectivity index (χ0n) is 5.36. The van der Waals surface area contributed by atoms with Gasteiger partial charge in [0.2, 0.25) is 0 Å². The van der Waals surface area contributed by atoms with Gasteiger partial charge in [0.05, 0.1) is 15.7 Å². The van der Waals surface area contributed by atoms with E-state index >= 15 is 0 Å². The number of aromatic nitrogens is 1. The Morgan fingerprint density at radius 1 is 1.50 bits per heavy atom. The van der Waals surface area contributed by atoms with Gasteiger partial charge in [-0.2, -0.15) is 0 Å². The lowest BCUT2D eigenvalue weighted by atomic mass is 10.4. The summed E-state index contributed by atoms with van der Waals surface area (Å²) in [5, 5.41) is 0.919. The van der Waals surface area contributed by atoms with Crippen molar-refractivity contribution in [2.75, 3.05) is 5.73 Å². The zero-order valence-corrected chi connectivity index (χ0v) is 6.87. The molecule has 1 heterocycles. The van der Waals surface area contributed by atoms with Gasteiger partial charge in [-0.15, -0.1) is 0 Å². The molecule has 0 amide bonds. The van der Waals surface area contributed by atoms with E-state index < -0.39 is 0 Å². The van der Waals surface area contributed by atoms with E-state index in [9.17, 15) is 0 Å². The number of pyridine rings is 1. The van der Waals surface area contributed by atoms with E-state index in [1.54, 1.807) is 6.92 Å². The predicted molar refractivity (Wildman–Crippen MR) is 43.4 cm³/mol. The van der Waals surface area contributed by atoms with Crippen LogP contribution in [0.25, 0.3) is 0 Å². The standard InChI is InChI=1S/C6H6Cl2N2/c1-3-6(8)4(7)2-5(9)10-3/h2H,1H3,(H2,9,10). The van der Waals surface area contributed by atoms with Crippen LogP contribution < -0.4 is 5.73 Å². The van der Waals surface area contributed by atoms with Crippen LogP contribution in [0, 0.1) is 6.92 Å². The van der Waals surface area contributed by atoms with Gasteiger partial charge in [-0.1, -0.05) is 23.2 Å². The Morgan fingerprint density at radius 2 is 2.10 bits per heavy atom. The number of halogens is 2. The first-order chi connectivity index (χ1) is 4.61. The number of rotatable bonds is 0. The Morgan fingerprint density at radius 3 is 2.60 bits per heavy atom. The summed E-state index contributed by atoms with van der Waals surface area (Å²) in [5.41, 5.74) is 6.03. The van der Waals surface area contributed by atoms with E-state index in [0.29, 0.717) is 21.6 Å². The van der Waals surface area contributed by atoms with Crippen LogP contribution >= 0.6 is 23.2 Å². The van der Waals surface area contributed by atoms with E-state index in [1.165, 1.54) is 6.07 Å². The summed E-state index contributed by atoms with van der Waals surface area (Å²) in [5.74, 6) is 0.395. The fraction of sp³-hybridized carbons (Fsp3) is 0.167. The monoisotopic (exact) mass is 176 g/mol. The second-order valence-corrected chi connectivity index (χ2v) is 2.71. The second kappa shape index (κ2) is 2.64. The maximum Gasteiger partial charge on any atom is 0.125 e. The Hall–Kier alpha value is -0.470. The van der Waals surface area contributed by atoms with Crippen molar-refractivity contribution < 1.29 is 0 Å². The van der Waals surface area contributed by atoms with Crippen molar-refractivity contribution >= 4 is 29.0 Å². The summed E-state index contributed by atoms with van der Waals surface area (Å²) < 4.78 is 0. The Labute approximate surface area is 69.0 Å². The molecule has 4 heteroatoms. The third-order valence-electron chi connectivity index (χ3n) is 1.10. The minimum atomic E-state index is 0.395. The molecule has 2 nitrogen and oxygen atoms in total. The highest BCUT2D eigenvalue weighted by atomic mass is 35.5. The van der Waals surface area contributed by atoms with Crippen LogP contribution in [0.2, 0.25) is 10.0 Å². The lowest BCUT2D eigenvalue weighted by Gasteiger charge is -1.99. The average Bonchev–Trinajstić information content (AvgIpc) is 1.82. The van der Waals surface area contributed by atoms with Gasteiger partial charge >= 0.3 is 0 Å². The molecular formula is C6H6Cl2N2. The maximum atomic E-state index is 5.70. The summed E-state index contributed by atoms with van der Waals surface area (Å²) in [4.78, 5) is 3.90. The first-order valence-electron chi connectivity index (χ1n) is 2.69. The molecule has 0 atom stereocenters. The van der Waals surface area contributed by atoms with Crippen LogP contribution in [-0.2, 0) is 0 Å². The number of hydrogen-bond donors (Lipinski definition) is 1. The highest BCUT2D eigenvalue weighted by Gasteiger charge is 2.02. The first kappa shape index (κ1) is 7.63. The molecule has 0 aliphatic rings. The van der Waals surface area contributed by atoms with Gasteiger partial charge in [-0.25, -0.2) is 4.98 Å². The Bertz CT molecular complexity index is 237. The van der Waals surface area contributed by atoms with Crippen LogP contribution in [0.4, 0.5) is 5.82 Å². The number of nitrogens with two attached hydrogens (primary N) is 1. The van der Waals surface area contributed by atoms with E-state index in [-0.39, 0.29) is 0 Å². The van der Waals surface area contributed by atoms with Gasteiger partial charge < -0.3 is 5.73 Å². The van der Waals surface area contributed by atoms with Crippen LogP contribution in [0.3, 0.4) is 0 Å². The van der Waals surface area contributed by atoms with Crippen molar-refractivity contribution in [1.82, 2.24) is 4.98 Å². The fourth-order valence-corrected chi connectivity index (χ4v) is 0.986. The van der Waals surface area contributed by atoms with Crippen molar-refractivity contribution in [3.63, 3.8) is 0 Å². The van der Waals surface area contributed by atoms with Gasteiger partial charge in [-0.05, 0) is 6.92 Å². The van der Waals surface area contributed by atoms with Crippen molar-refractivity contribution in [3.05, 3.63) is 21.8 Å². The van der Waals surface area contributed by atoms with E-state index in [0.717, 1.165) is 0 Å². The van der Waals surface area contributed by atoms with Crippen LogP contribution in [0.5, 0.6) is 0 Å². The summed E-state index contributed by atoms with van der Waals surface area (Å²) in [6, 6.07) is 1.52. The van der Waals surface area contributed by atoms with Crippen molar-refractivity contribution in [3.8, 4) is 0 Å². The fourth-order valence-electron chi connectivity index (χ4n) is 0.641. The molecule has 2 N–H and O–H groups in total. The minimum absolute atomic E-state index is 0.395. The van der Waals surface area contributed by atoms with Gasteiger partial charge in [-0.3, -0.25) is 0 Å². The number of anilines is 1. The number of nitrogen functional groups attached to an aromatic ring is 1. The zero-order chi connectivity index (χ0) is 7.72. The summed E-state index contributed by atoms with van der Waals surface area (Å²) in [7, 11) is 0. The lowest BCUT2D eigenvalue weighted by molar-refractivity contribution is 1.21. The van der Waals surface area contributed by atoms with Gasteiger partial charge in [0.25, 0.3) is 0 Å². The lowest BCUT2D eigenvalue weighted by Crippen LogP contribution is -1.92. The van der Waals surface area contributed by atoms with Crippen molar-refractivity contribution in [2.45, 2.75) is 6.92 Å². The largest absolute Gasteiger partial charge is 0.384 e. The quantitative estimate of drug-likeness (QED) is 0.660. The van der Waals surface area contributed by atoms with E-state index in [4.69, 9.17) is 28.9 Å². The molecule has 0 saturated heterocycles. The molecule has 0 spiro atoms. The van der Waals surface area contributed by atoms with Crippen molar-refractivity contribution in [1.29, 1.82) is 0 Å². The van der Waals surface area contributed by atoms with Gasteiger partial charge in [0.1, 0.15) is 5.82 Å². The molecule has 0 aliphatic heterocycles. The molecule has 0 aliphatic carbocycles. The van der Waals surface area contributed by atoms with Crippen LogP contribution in [0.1, 0.15) is 5.69 Å². The minimum Gasteiger partial charge on any atom is -0.384 e. The summed E-state index contributed by atoms with van der Waals surface area (Å²) in [6.07, 6.45) is 0. The SMILES string of the molecule is Cc1nc(N)cc(Cl)c1Cl. The van der Waals surface area contributed by atoms with E-state index in [2.05, 4.69) is 4.98 Å². The number of nitrogens with zero attached hydrogens (tertiary/aromatic N) is 1.